The van der Waals surface area contributed by atoms with Gasteiger partial charge in [0, 0.05) is 11.6 Å². The number of rotatable bonds is 2. The van der Waals surface area contributed by atoms with Gasteiger partial charge in [0.05, 0.1) is 0 Å². The molecule has 70 valence electrons. The Kier molecular flexibility index (Phi) is 2.51. The van der Waals surface area contributed by atoms with Gasteiger partial charge in [0.15, 0.2) is 5.69 Å². The summed E-state index contributed by atoms with van der Waals surface area (Å²) in [7, 11) is 0. The highest BCUT2D eigenvalue weighted by molar-refractivity contribution is 7.08. The summed E-state index contributed by atoms with van der Waals surface area (Å²) >= 11 is 1.47. The summed E-state index contributed by atoms with van der Waals surface area (Å²) in [5, 5.41) is 3.59. The van der Waals surface area contributed by atoms with Gasteiger partial charge in [-0.25, -0.2) is 14.8 Å². The third-order valence-electron chi connectivity index (χ3n) is 1.50. The van der Waals surface area contributed by atoms with E-state index in [0.717, 1.165) is 0 Å². The normalized spacial score (nSPS) is 9.71. The molecule has 5 heteroatoms. The van der Waals surface area contributed by atoms with E-state index in [9.17, 15) is 4.79 Å². The molecule has 2 rings (SSSR count). The van der Waals surface area contributed by atoms with Crippen molar-refractivity contribution in [3.05, 3.63) is 41.1 Å². The molecule has 2 aromatic heterocycles. The Labute approximate surface area is 84.2 Å². The second-order valence-electron chi connectivity index (χ2n) is 2.44. The molecule has 0 radical (unpaired) electrons. The monoisotopic (exact) mass is 206 g/mol. The van der Waals surface area contributed by atoms with Gasteiger partial charge in [-0.2, -0.15) is 0 Å². The van der Waals surface area contributed by atoms with Crippen LogP contribution < -0.4 is 4.74 Å². The van der Waals surface area contributed by atoms with Crippen molar-refractivity contribution < 1.29 is 9.53 Å². The molecule has 0 fully saturated rings. The Hall–Kier alpha value is -1.75. The van der Waals surface area contributed by atoms with Crippen LogP contribution in [0.1, 0.15) is 10.5 Å². The van der Waals surface area contributed by atoms with Gasteiger partial charge in [-0.05, 0) is 17.5 Å². The summed E-state index contributed by atoms with van der Waals surface area (Å²) in [5.41, 5.74) is 0.256. The molecule has 0 atom stereocenters. The topological polar surface area (TPSA) is 52.1 Å². The fourth-order valence-electron chi connectivity index (χ4n) is 0.881. The van der Waals surface area contributed by atoms with Gasteiger partial charge in [0.25, 0.3) is 0 Å². The fourth-order valence-corrected chi connectivity index (χ4v) is 1.43. The summed E-state index contributed by atoms with van der Waals surface area (Å²) in [5.74, 6) is 0.0735. The number of aromatic nitrogens is 2. The highest BCUT2D eigenvalue weighted by Crippen LogP contribution is 2.15. The van der Waals surface area contributed by atoms with E-state index in [1.165, 1.54) is 29.9 Å². The molecule has 0 N–H and O–H groups in total. The first kappa shape index (κ1) is 8.83. The van der Waals surface area contributed by atoms with Gasteiger partial charge >= 0.3 is 5.97 Å². The van der Waals surface area contributed by atoms with Gasteiger partial charge in [0.1, 0.15) is 12.1 Å². The summed E-state index contributed by atoms with van der Waals surface area (Å²) < 4.78 is 5.02. The number of thiophene rings is 1. The molecule has 0 saturated carbocycles. The summed E-state index contributed by atoms with van der Waals surface area (Å²) in [6.45, 7) is 0. The van der Waals surface area contributed by atoms with Crippen LogP contribution in [0.15, 0.2) is 35.4 Å². The Morgan fingerprint density at radius 2 is 2.36 bits per heavy atom. The standard InChI is InChI=1S/C9H6N2O2S/c12-9(8-1-3-10-6-11-8)13-7-2-4-14-5-7/h1-6H. The van der Waals surface area contributed by atoms with Crippen molar-refractivity contribution in [2.45, 2.75) is 0 Å². The number of hydrogen-bond donors (Lipinski definition) is 0. The highest BCUT2D eigenvalue weighted by Gasteiger charge is 2.08. The van der Waals surface area contributed by atoms with Crippen molar-refractivity contribution in [2.75, 3.05) is 0 Å². The van der Waals surface area contributed by atoms with Gasteiger partial charge < -0.3 is 4.74 Å². The van der Waals surface area contributed by atoms with E-state index in [1.54, 1.807) is 11.4 Å². The second-order valence-corrected chi connectivity index (χ2v) is 3.22. The van der Waals surface area contributed by atoms with Crippen molar-refractivity contribution in [2.24, 2.45) is 0 Å². The van der Waals surface area contributed by atoms with Crippen molar-refractivity contribution in [1.82, 2.24) is 9.97 Å². The predicted octanol–water partition coefficient (Wildman–Crippen LogP) is 1.76. The molecule has 0 spiro atoms. The Bertz CT molecular complexity index is 414. The van der Waals surface area contributed by atoms with Crippen LogP contribution in [0.3, 0.4) is 0 Å². The van der Waals surface area contributed by atoms with Crippen LogP contribution >= 0.6 is 11.3 Å². The molecule has 2 heterocycles. The van der Waals surface area contributed by atoms with Crippen molar-refractivity contribution in [3.63, 3.8) is 0 Å². The minimum Gasteiger partial charge on any atom is -0.421 e. The van der Waals surface area contributed by atoms with E-state index in [4.69, 9.17) is 4.74 Å². The first-order valence-electron chi connectivity index (χ1n) is 3.86. The van der Waals surface area contributed by atoms with Crippen LogP contribution in [0, 0.1) is 0 Å². The van der Waals surface area contributed by atoms with E-state index in [1.807, 2.05) is 5.38 Å². The summed E-state index contributed by atoms with van der Waals surface area (Å²) in [4.78, 5) is 18.9. The second kappa shape index (κ2) is 3.97. The molecule has 0 bridgehead atoms. The molecule has 0 aliphatic carbocycles. The molecular weight excluding hydrogens is 200 g/mol. The van der Waals surface area contributed by atoms with Gasteiger partial charge in [-0.3, -0.25) is 0 Å². The SMILES string of the molecule is O=C(Oc1ccsc1)c1ccncn1. The average molecular weight is 206 g/mol. The maximum absolute atomic E-state index is 11.4. The number of esters is 1. The average Bonchev–Trinajstić information content (AvgIpc) is 2.72. The number of carbonyl (C=O) groups is 1. The molecular formula is C9H6N2O2S. The Balaban J connectivity index is 2.11. The molecule has 0 saturated heterocycles. The van der Waals surface area contributed by atoms with Crippen molar-refractivity contribution in [1.29, 1.82) is 0 Å². The quantitative estimate of drug-likeness (QED) is 0.702. The zero-order valence-electron chi connectivity index (χ0n) is 7.08. The first-order valence-corrected chi connectivity index (χ1v) is 4.81. The minimum atomic E-state index is -0.467. The zero-order valence-corrected chi connectivity index (χ0v) is 7.90. The summed E-state index contributed by atoms with van der Waals surface area (Å²) in [6.07, 6.45) is 2.81. The Morgan fingerprint density at radius 1 is 1.43 bits per heavy atom. The number of hydrogen-bond acceptors (Lipinski definition) is 5. The maximum Gasteiger partial charge on any atom is 0.362 e. The van der Waals surface area contributed by atoms with Crippen LogP contribution in [0.2, 0.25) is 0 Å². The minimum absolute atomic E-state index is 0.256. The van der Waals surface area contributed by atoms with Crippen LogP contribution in [0.25, 0.3) is 0 Å². The molecule has 0 unspecified atom stereocenters. The van der Waals surface area contributed by atoms with Crippen LogP contribution in [-0.2, 0) is 0 Å². The van der Waals surface area contributed by atoms with Crippen LogP contribution in [0.4, 0.5) is 0 Å². The van der Waals surface area contributed by atoms with E-state index in [-0.39, 0.29) is 5.69 Å². The smallest absolute Gasteiger partial charge is 0.362 e. The van der Waals surface area contributed by atoms with Crippen molar-refractivity contribution in [3.8, 4) is 5.75 Å². The van der Waals surface area contributed by atoms with Crippen molar-refractivity contribution >= 4 is 17.3 Å². The lowest BCUT2D eigenvalue weighted by Crippen LogP contribution is -2.09. The molecule has 14 heavy (non-hydrogen) atoms. The molecule has 2 aromatic rings. The largest absolute Gasteiger partial charge is 0.421 e. The fraction of sp³-hybridized carbons (Fsp3) is 0. The third-order valence-corrected chi connectivity index (χ3v) is 2.16. The lowest BCUT2D eigenvalue weighted by molar-refractivity contribution is 0.0729. The van der Waals surface area contributed by atoms with Gasteiger partial charge in [-0.15, -0.1) is 11.3 Å². The van der Waals surface area contributed by atoms with Crippen LogP contribution in [0.5, 0.6) is 5.75 Å². The van der Waals surface area contributed by atoms with Crippen LogP contribution in [-0.4, -0.2) is 15.9 Å². The lowest BCUT2D eigenvalue weighted by Gasteiger charge is -1.99. The van der Waals surface area contributed by atoms with Gasteiger partial charge in [0.2, 0.25) is 0 Å². The predicted molar refractivity (Wildman–Crippen MR) is 51.3 cm³/mol. The van der Waals surface area contributed by atoms with E-state index < -0.39 is 5.97 Å². The third kappa shape index (κ3) is 1.94. The maximum atomic E-state index is 11.4. The van der Waals surface area contributed by atoms with E-state index in [0.29, 0.717) is 5.75 Å². The lowest BCUT2D eigenvalue weighted by atomic mass is 10.4. The molecule has 0 aliphatic heterocycles. The number of nitrogens with zero attached hydrogens (tertiary/aromatic N) is 2. The first-order chi connectivity index (χ1) is 6.86. The zero-order chi connectivity index (χ0) is 9.80. The van der Waals surface area contributed by atoms with Gasteiger partial charge in [-0.1, -0.05) is 0 Å². The highest BCUT2D eigenvalue weighted by atomic mass is 32.1. The van der Waals surface area contributed by atoms with E-state index >= 15 is 0 Å². The number of carbonyl (C=O) groups excluding carboxylic acids is 1. The molecule has 0 amide bonds. The molecule has 4 nitrogen and oxygen atoms in total. The number of ether oxygens (including phenoxy) is 1. The summed E-state index contributed by atoms with van der Waals surface area (Å²) in [6, 6.07) is 3.23. The molecule has 0 aromatic carbocycles. The Morgan fingerprint density at radius 3 is 3.00 bits per heavy atom. The molecule has 0 aliphatic rings. The van der Waals surface area contributed by atoms with E-state index in [2.05, 4.69) is 9.97 Å².